The summed E-state index contributed by atoms with van der Waals surface area (Å²) >= 11 is 16.2. The van der Waals surface area contributed by atoms with E-state index < -0.39 is 6.23 Å². The Morgan fingerprint density at radius 3 is 2.48 bits per heavy atom. The average molecular weight is 492 g/mol. The number of nitrogens with zero attached hydrogens (tertiary/aromatic N) is 2. The van der Waals surface area contributed by atoms with Crippen LogP contribution in [0.5, 0.6) is 5.75 Å². The van der Waals surface area contributed by atoms with Crippen LogP contribution in [0.3, 0.4) is 0 Å². The maximum absolute atomic E-state index is 13.4. The minimum atomic E-state index is -0.433. The van der Waals surface area contributed by atoms with Gasteiger partial charge in [-0.15, -0.1) is 0 Å². The summed E-state index contributed by atoms with van der Waals surface area (Å²) in [4.78, 5) is 0. The van der Waals surface area contributed by atoms with Crippen LogP contribution in [0, 0.1) is 5.82 Å². The number of fused-ring (bicyclic) bond motifs is 3. The van der Waals surface area contributed by atoms with Gasteiger partial charge < -0.3 is 4.74 Å². The summed E-state index contributed by atoms with van der Waals surface area (Å²) in [5, 5.41) is 7.82. The summed E-state index contributed by atoms with van der Waals surface area (Å²) in [6, 6.07) is 17.8. The predicted octanol–water partition coefficient (Wildman–Crippen LogP) is 7.14. The molecule has 0 saturated carbocycles. The van der Waals surface area contributed by atoms with E-state index in [4.69, 9.17) is 33.0 Å². The van der Waals surface area contributed by atoms with E-state index in [1.807, 2.05) is 35.3 Å². The molecule has 2 heterocycles. The molecule has 3 aromatic carbocycles. The van der Waals surface area contributed by atoms with E-state index in [1.54, 1.807) is 18.2 Å². The van der Waals surface area contributed by atoms with Gasteiger partial charge in [0.15, 0.2) is 0 Å². The third kappa shape index (κ3) is 3.41. The molecule has 146 valence electrons. The van der Waals surface area contributed by atoms with Gasteiger partial charge in [-0.05, 0) is 42.0 Å². The quantitative estimate of drug-likeness (QED) is 0.380. The van der Waals surface area contributed by atoms with Crippen molar-refractivity contribution in [1.29, 1.82) is 0 Å². The Bertz CT molecular complexity index is 1120. The van der Waals surface area contributed by atoms with Crippen LogP contribution in [-0.4, -0.2) is 10.7 Å². The van der Waals surface area contributed by atoms with Crippen molar-refractivity contribution in [3.63, 3.8) is 0 Å². The van der Waals surface area contributed by atoms with Gasteiger partial charge in [0, 0.05) is 27.0 Å². The monoisotopic (exact) mass is 490 g/mol. The highest BCUT2D eigenvalue weighted by Gasteiger charge is 2.42. The zero-order valence-corrected chi connectivity index (χ0v) is 18.0. The number of rotatable bonds is 2. The summed E-state index contributed by atoms with van der Waals surface area (Å²) in [5.74, 6) is 0.353. The Balaban J connectivity index is 1.62. The van der Waals surface area contributed by atoms with Crippen LogP contribution in [0.1, 0.15) is 35.4 Å². The van der Waals surface area contributed by atoms with Crippen molar-refractivity contribution in [2.24, 2.45) is 5.10 Å². The van der Waals surface area contributed by atoms with Gasteiger partial charge in [0.1, 0.15) is 11.6 Å². The van der Waals surface area contributed by atoms with E-state index in [0.717, 1.165) is 26.9 Å². The van der Waals surface area contributed by atoms with E-state index in [2.05, 4.69) is 15.9 Å². The molecule has 0 aliphatic carbocycles. The molecule has 0 bridgehead atoms. The van der Waals surface area contributed by atoms with Crippen LogP contribution in [0.25, 0.3) is 0 Å². The summed E-state index contributed by atoms with van der Waals surface area (Å²) < 4.78 is 20.7. The number of hydrogen-bond donors (Lipinski definition) is 0. The molecule has 0 spiro atoms. The molecule has 0 aromatic heterocycles. The third-order valence-electron chi connectivity index (χ3n) is 5.14. The fourth-order valence-electron chi connectivity index (χ4n) is 3.78. The molecule has 5 rings (SSSR count). The first-order valence-electron chi connectivity index (χ1n) is 9.02. The normalized spacial score (nSPS) is 20.0. The molecule has 7 heteroatoms. The van der Waals surface area contributed by atoms with Crippen molar-refractivity contribution < 1.29 is 9.13 Å². The SMILES string of the molecule is Fc1ccc(C2=NN3[C@@H](c4ccc(Br)cc4)Oc4c(Cl)cc(Cl)cc4[C@@H]3C2)cc1. The molecular weight excluding hydrogens is 478 g/mol. The van der Waals surface area contributed by atoms with E-state index in [1.165, 1.54) is 12.1 Å². The van der Waals surface area contributed by atoms with Gasteiger partial charge >= 0.3 is 0 Å². The summed E-state index contributed by atoms with van der Waals surface area (Å²) in [6.07, 6.45) is 0.211. The molecule has 29 heavy (non-hydrogen) atoms. The largest absolute Gasteiger partial charge is 0.463 e. The fourth-order valence-corrected chi connectivity index (χ4v) is 4.60. The van der Waals surface area contributed by atoms with Crippen molar-refractivity contribution in [3.8, 4) is 5.75 Å². The second-order valence-electron chi connectivity index (χ2n) is 6.98. The topological polar surface area (TPSA) is 24.8 Å². The van der Waals surface area contributed by atoms with E-state index >= 15 is 0 Å². The molecule has 0 radical (unpaired) electrons. The second-order valence-corrected chi connectivity index (χ2v) is 8.74. The molecular formula is C22H14BrCl2FN2O. The van der Waals surface area contributed by atoms with Crippen molar-refractivity contribution in [1.82, 2.24) is 5.01 Å². The highest BCUT2D eigenvalue weighted by molar-refractivity contribution is 9.10. The van der Waals surface area contributed by atoms with Crippen LogP contribution in [0.4, 0.5) is 4.39 Å². The number of hydrogen-bond acceptors (Lipinski definition) is 3. The highest BCUT2D eigenvalue weighted by atomic mass is 79.9. The number of benzene rings is 3. The molecule has 0 saturated heterocycles. The lowest BCUT2D eigenvalue weighted by Crippen LogP contribution is -2.33. The molecule has 2 aliphatic heterocycles. The van der Waals surface area contributed by atoms with Gasteiger partial charge in [-0.25, -0.2) is 9.40 Å². The Labute approximate surface area is 185 Å². The number of halogens is 4. The first kappa shape index (κ1) is 18.9. The lowest BCUT2D eigenvalue weighted by molar-refractivity contribution is -0.0189. The molecule has 2 aliphatic rings. The van der Waals surface area contributed by atoms with Crippen LogP contribution in [0.2, 0.25) is 10.0 Å². The van der Waals surface area contributed by atoms with Gasteiger partial charge in [0.05, 0.1) is 16.8 Å². The minimum Gasteiger partial charge on any atom is -0.463 e. The van der Waals surface area contributed by atoms with E-state index in [0.29, 0.717) is 22.2 Å². The predicted molar refractivity (Wildman–Crippen MR) is 116 cm³/mol. The number of hydrazone groups is 1. The van der Waals surface area contributed by atoms with Crippen LogP contribution >= 0.6 is 39.1 Å². The fraction of sp³-hybridized carbons (Fsp3) is 0.136. The van der Waals surface area contributed by atoms with Crippen LogP contribution < -0.4 is 4.74 Å². The highest BCUT2D eigenvalue weighted by Crippen LogP contribution is 2.50. The zero-order chi connectivity index (χ0) is 20.1. The zero-order valence-electron chi connectivity index (χ0n) is 14.9. The minimum absolute atomic E-state index is 0.0800. The molecule has 0 unspecified atom stereocenters. The summed E-state index contributed by atoms with van der Waals surface area (Å²) in [7, 11) is 0. The van der Waals surface area contributed by atoms with Crippen LogP contribution in [-0.2, 0) is 0 Å². The van der Waals surface area contributed by atoms with Crippen molar-refractivity contribution >= 4 is 44.8 Å². The maximum atomic E-state index is 13.4. The maximum Gasteiger partial charge on any atom is 0.213 e. The molecule has 3 nitrogen and oxygen atoms in total. The first-order valence-corrected chi connectivity index (χ1v) is 10.6. The van der Waals surface area contributed by atoms with Gasteiger partial charge in [-0.3, -0.25) is 0 Å². The van der Waals surface area contributed by atoms with Gasteiger partial charge in [-0.2, -0.15) is 5.10 Å². The molecule has 0 amide bonds. The van der Waals surface area contributed by atoms with E-state index in [-0.39, 0.29) is 11.9 Å². The summed E-state index contributed by atoms with van der Waals surface area (Å²) in [6.45, 7) is 0. The molecule has 0 fully saturated rings. The van der Waals surface area contributed by atoms with Gasteiger partial charge in [-0.1, -0.05) is 63.4 Å². The average Bonchev–Trinajstić information content (AvgIpc) is 3.14. The Morgan fingerprint density at radius 2 is 1.76 bits per heavy atom. The van der Waals surface area contributed by atoms with Gasteiger partial charge in [0.25, 0.3) is 0 Å². The molecule has 0 N–H and O–H groups in total. The first-order chi connectivity index (χ1) is 14.0. The smallest absolute Gasteiger partial charge is 0.213 e. The van der Waals surface area contributed by atoms with Crippen molar-refractivity contribution in [2.45, 2.75) is 18.7 Å². The molecule has 3 aromatic rings. The molecule has 2 atom stereocenters. The summed E-state index contributed by atoms with van der Waals surface area (Å²) in [5.41, 5.74) is 3.60. The van der Waals surface area contributed by atoms with Crippen molar-refractivity contribution in [2.75, 3.05) is 0 Å². The van der Waals surface area contributed by atoms with Crippen molar-refractivity contribution in [3.05, 3.63) is 97.7 Å². The Kier molecular flexibility index (Phi) is 4.77. The Morgan fingerprint density at radius 1 is 1.03 bits per heavy atom. The lowest BCUT2D eigenvalue weighted by Gasteiger charge is -2.38. The van der Waals surface area contributed by atoms with Crippen LogP contribution in [0.15, 0.2) is 70.2 Å². The van der Waals surface area contributed by atoms with E-state index in [9.17, 15) is 4.39 Å². The Hall–Kier alpha value is -2.08. The third-order valence-corrected chi connectivity index (χ3v) is 6.17. The van der Waals surface area contributed by atoms with Gasteiger partial charge in [0.2, 0.25) is 6.23 Å². The standard InChI is InChI=1S/C22H14BrCl2FN2O/c23-14-5-1-13(2-6-14)22-28-20(17-9-15(24)10-18(25)21(17)29-22)11-19(27-28)12-3-7-16(26)8-4-12/h1-10,20,22H,11H2/t20-,22+/m0/s1. The number of ether oxygens (including phenoxy) is 1. The lowest BCUT2D eigenvalue weighted by atomic mass is 9.96. The second kappa shape index (κ2) is 7.31.